The monoisotopic (exact) mass is 272 g/mol. The molecule has 0 bridgehead atoms. The van der Waals surface area contributed by atoms with E-state index in [9.17, 15) is 0 Å². The summed E-state index contributed by atoms with van der Waals surface area (Å²) in [5.74, 6) is 0.748. The normalized spacial score (nSPS) is 10.6. The smallest absolute Gasteiger partial charge is 0.181 e. The summed E-state index contributed by atoms with van der Waals surface area (Å²) in [4.78, 5) is 4.24. The van der Waals surface area contributed by atoms with Gasteiger partial charge in [-0.2, -0.15) is 0 Å². The highest BCUT2D eigenvalue weighted by atomic mass is 32.1. The van der Waals surface area contributed by atoms with Crippen LogP contribution in [0.5, 0.6) is 0 Å². The molecular weight excluding hydrogens is 260 g/mol. The van der Waals surface area contributed by atoms with Crippen molar-refractivity contribution in [2.24, 2.45) is 7.05 Å². The largest absolute Gasteiger partial charge is 0.379 e. The fraction of sp³-hybridized carbons (Fsp3) is 0.167. The van der Waals surface area contributed by atoms with Gasteiger partial charge in [0, 0.05) is 23.7 Å². The van der Waals surface area contributed by atoms with Gasteiger partial charge in [-0.1, -0.05) is 12.1 Å². The molecular formula is C12H12N6S. The van der Waals surface area contributed by atoms with Crippen molar-refractivity contribution in [3.63, 3.8) is 0 Å². The summed E-state index contributed by atoms with van der Waals surface area (Å²) < 4.78 is 1.65. The molecule has 2 heterocycles. The Balaban J connectivity index is 1.78. The van der Waals surface area contributed by atoms with E-state index in [1.807, 2.05) is 42.2 Å². The van der Waals surface area contributed by atoms with Crippen molar-refractivity contribution in [3.05, 3.63) is 40.8 Å². The van der Waals surface area contributed by atoms with Crippen LogP contribution in [0.25, 0.3) is 11.4 Å². The maximum Gasteiger partial charge on any atom is 0.181 e. The average Bonchev–Trinajstić information content (AvgIpc) is 3.08. The van der Waals surface area contributed by atoms with E-state index in [2.05, 4.69) is 25.8 Å². The van der Waals surface area contributed by atoms with Gasteiger partial charge in [0.25, 0.3) is 0 Å². The Morgan fingerprint density at radius 2 is 2.32 bits per heavy atom. The Bertz CT molecular complexity index is 660. The lowest BCUT2D eigenvalue weighted by atomic mass is 10.2. The first-order valence-corrected chi connectivity index (χ1v) is 6.71. The molecule has 3 rings (SSSR count). The molecule has 96 valence electrons. The maximum absolute atomic E-state index is 4.24. The van der Waals surface area contributed by atoms with Crippen LogP contribution >= 0.6 is 11.3 Å². The van der Waals surface area contributed by atoms with Gasteiger partial charge < -0.3 is 5.32 Å². The second-order valence-electron chi connectivity index (χ2n) is 4.04. The number of benzene rings is 1. The number of nitrogens with one attached hydrogen (secondary N) is 1. The number of aromatic nitrogens is 5. The molecule has 0 unspecified atom stereocenters. The van der Waals surface area contributed by atoms with Crippen LogP contribution in [-0.2, 0) is 13.6 Å². The van der Waals surface area contributed by atoms with Gasteiger partial charge in [-0.3, -0.25) is 0 Å². The summed E-state index contributed by atoms with van der Waals surface area (Å²) in [5.41, 5.74) is 4.87. The maximum atomic E-state index is 4.24. The van der Waals surface area contributed by atoms with Crippen molar-refractivity contribution in [1.29, 1.82) is 0 Å². The van der Waals surface area contributed by atoms with Gasteiger partial charge in [-0.05, 0) is 22.6 Å². The first-order chi connectivity index (χ1) is 9.33. The molecule has 1 N–H and O–H groups in total. The molecule has 0 fully saturated rings. The fourth-order valence-electron chi connectivity index (χ4n) is 1.76. The number of nitrogens with zero attached hydrogens (tertiary/aromatic N) is 5. The van der Waals surface area contributed by atoms with E-state index in [0.717, 1.165) is 22.8 Å². The molecule has 0 radical (unpaired) electrons. The minimum absolute atomic E-state index is 0.712. The molecule has 2 aromatic heterocycles. The number of anilines is 1. The fourth-order valence-corrected chi connectivity index (χ4v) is 2.32. The molecule has 7 heteroatoms. The minimum atomic E-state index is 0.712. The van der Waals surface area contributed by atoms with E-state index in [1.54, 1.807) is 16.0 Å². The molecule has 0 saturated carbocycles. The van der Waals surface area contributed by atoms with Crippen molar-refractivity contribution in [1.82, 2.24) is 25.2 Å². The number of rotatable bonds is 4. The number of hydrogen-bond acceptors (Lipinski definition) is 6. The molecule has 0 aliphatic heterocycles. The third kappa shape index (κ3) is 2.60. The zero-order valence-electron chi connectivity index (χ0n) is 10.3. The van der Waals surface area contributed by atoms with Crippen LogP contribution in [0.15, 0.2) is 35.2 Å². The molecule has 3 aromatic rings. The van der Waals surface area contributed by atoms with Crippen LogP contribution in [0, 0.1) is 0 Å². The Morgan fingerprint density at radius 1 is 1.37 bits per heavy atom. The molecule has 0 aliphatic carbocycles. The standard InChI is InChI=1S/C12H12N6S/c1-18-12(15-16-17-18)9-3-2-4-10(5-9)13-6-11-7-19-8-14-11/h2-5,7-8,13H,6H2,1H3. The second kappa shape index (κ2) is 5.15. The second-order valence-corrected chi connectivity index (χ2v) is 4.76. The van der Waals surface area contributed by atoms with Crippen molar-refractivity contribution in [3.8, 4) is 11.4 Å². The first-order valence-electron chi connectivity index (χ1n) is 5.76. The van der Waals surface area contributed by atoms with E-state index >= 15 is 0 Å². The summed E-state index contributed by atoms with van der Waals surface area (Å²) in [6.45, 7) is 0.712. The zero-order chi connectivity index (χ0) is 13.1. The number of thiazole rings is 1. The number of hydrogen-bond donors (Lipinski definition) is 1. The summed E-state index contributed by atoms with van der Waals surface area (Å²) in [6, 6.07) is 8.00. The van der Waals surface area contributed by atoms with Gasteiger partial charge in [0.15, 0.2) is 5.82 Å². The molecule has 1 aromatic carbocycles. The third-order valence-electron chi connectivity index (χ3n) is 2.70. The average molecular weight is 272 g/mol. The van der Waals surface area contributed by atoms with Crippen LogP contribution in [0.3, 0.4) is 0 Å². The molecule has 0 spiro atoms. The zero-order valence-corrected chi connectivity index (χ0v) is 11.1. The summed E-state index contributed by atoms with van der Waals surface area (Å²) in [5, 5.41) is 16.9. The quantitative estimate of drug-likeness (QED) is 0.786. The van der Waals surface area contributed by atoms with Gasteiger partial charge in [0.1, 0.15) is 0 Å². The molecule has 6 nitrogen and oxygen atoms in total. The van der Waals surface area contributed by atoms with Crippen LogP contribution in [-0.4, -0.2) is 25.2 Å². The number of aryl methyl sites for hydroxylation is 1. The highest BCUT2D eigenvalue weighted by Crippen LogP contribution is 2.19. The van der Waals surface area contributed by atoms with Gasteiger partial charge in [0.05, 0.1) is 17.7 Å². The summed E-state index contributed by atoms with van der Waals surface area (Å²) in [7, 11) is 1.82. The van der Waals surface area contributed by atoms with Crippen molar-refractivity contribution in [2.75, 3.05) is 5.32 Å². The summed E-state index contributed by atoms with van der Waals surface area (Å²) >= 11 is 1.60. The Hall–Kier alpha value is -2.28. The Morgan fingerprint density at radius 3 is 3.05 bits per heavy atom. The highest BCUT2D eigenvalue weighted by Gasteiger charge is 2.06. The summed E-state index contributed by atoms with van der Waals surface area (Å²) in [6.07, 6.45) is 0. The van der Waals surface area contributed by atoms with Crippen molar-refractivity contribution in [2.45, 2.75) is 6.54 Å². The molecule has 0 saturated heterocycles. The highest BCUT2D eigenvalue weighted by molar-refractivity contribution is 7.07. The predicted molar refractivity (Wildman–Crippen MR) is 73.7 cm³/mol. The topological polar surface area (TPSA) is 68.5 Å². The van der Waals surface area contributed by atoms with Crippen LogP contribution in [0.2, 0.25) is 0 Å². The number of tetrazole rings is 1. The van der Waals surface area contributed by atoms with E-state index < -0.39 is 0 Å². The van der Waals surface area contributed by atoms with E-state index in [4.69, 9.17) is 0 Å². The third-order valence-corrected chi connectivity index (χ3v) is 3.33. The van der Waals surface area contributed by atoms with Crippen molar-refractivity contribution >= 4 is 17.0 Å². The van der Waals surface area contributed by atoms with Crippen LogP contribution < -0.4 is 5.32 Å². The molecule has 19 heavy (non-hydrogen) atoms. The van der Waals surface area contributed by atoms with Crippen LogP contribution in [0.4, 0.5) is 5.69 Å². The lowest BCUT2D eigenvalue weighted by molar-refractivity contribution is 0.714. The molecule has 0 amide bonds. The first kappa shape index (κ1) is 11.8. The van der Waals surface area contributed by atoms with Gasteiger partial charge >= 0.3 is 0 Å². The Kier molecular flexibility index (Phi) is 3.20. The molecule has 0 atom stereocenters. The van der Waals surface area contributed by atoms with Crippen molar-refractivity contribution < 1.29 is 0 Å². The van der Waals surface area contributed by atoms with Gasteiger partial charge in [0.2, 0.25) is 0 Å². The van der Waals surface area contributed by atoms with E-state index in [1.165, 1.54) is 0 Å². The lowest BCUT2D eigenvalue weighted by Gasteiger charge is -2.06. The predicted octanol–water partition coefficient (Wildman–Crippen LogP) is 1.95. The van der Waals surface area contributed by atoms with Gasteiger partial charge in [-0.25, -0.2) is 9.67 Å². The molecule has 0 aliphatic rings. The minimum Gasteiger partial charge on any atom is -0.379 e. The van der Waals surface area contributed by atoms with E-state index in [-0.39, 0.29) is 0 Å². The Labute approximate surface area is 114 Å². The lowest BCUT2D eigenvalue weighted by Crippen LogP contribution is -2.00. The van der Waals surface area contributed by atoms with E-state index in [0.29, 0.717) is 6.54 Å². The van der Waals surface area contributed by atoms with Crippen LogP contribution in [0.1, 0.15) is 5.69 Å². The SMILES string of the molecule is Cn1nnnc1-c1cccc(NCc2cscn2)c1. The van der Waals surface area contributed by atoms with Gasteiger partial charge in [-0.15, -0.1) is 16.4 Å².